The van der Waals surface area contributed by atoms with Gasteiger partial charge in [-0.3, -0.25) is 0 Å². The first-order valence-electron chi connectivity index (χ1n) is 12.3. The molecule has 1 aromatic heterocycles. The Hall–Kier alpha value is -3.57. The molecule has 1 fully saturated rings. The van der Waals surface area contributed by atoms with Crippen LogP contribution in [0.4, 0.5) is 5.69 Å². The van der Waals surface area contributed by atoms with Crippen molar-refractivity contribution in [3.05, 3.63) is 83.4 Å². The van der Waals surface area contributed by atoms with Crippen LogP contribution in [-0.2, 0) is 21.9 Å². The number of esters is 1. The van der Waals surface area contributed by atoms with E-state index in [0.29, 0.717) is 18.8 Å². The summed E-state index contributed by atoms with van der Waals surface area (Å²) in [6.07, 6.45) is 4.38. The number of hydrogen-bond acceptors (Lipinski definition) is 4. The van der Waals surface area contributed by atoms with Crippen molar-refractivity contribution in [3.8, 4) is 0 Å². The Morgan fingerprint density at radius 2 is 1.86 bits per heavy atom. The molecule has 1 saturated heterocycles. The van der Waals surface area contributed by atoms with E-state index in [2.05, 4.69) is 85.0 Å². The number of anilines is 1. The quantitative estimate of drug-likeness (QED) is 0.344. The van der Waals surface area contributed by atoms with Gasteiger partial charge in [-0.25, -0.2) is 4.79 Å². The summed E-state index contributed by atoms with van der Waals surface area (Å²) in [6.45, 7) is 8.06. The minimum Gasteiger partial charge on any atom is -0.462 e. The number of benzene rings is 3. The van der Waals surface area contributed by atoms with E-state index >= 15 is 0 Å². The molecule has 0 radical (unpaired) electrons. The van der Waals surface area contributed by atoms with Gasteiger partial charge in [-0.15, -0.1) is 0 Å². The molecule has 3 aromatic carbocycles. The molecule has 35 heavy (non-hydrogen) atoms. The Kier molecular flexibility index (Phi) is 4.84. The van der Waals surface area contributed by atoms with Gasteiger partial charge in [-0.05, 0) is 60.5 Å². The number of carbonyl (C=O) groups is 1. The zero-order valence-corrected chi connectivity index (χ0v) is 20.7. The monoisotopic (exact) mass is 466 g/mol. The number of para-hydroxylation sites is 1. The first kappa shape index (κ1) is 21.9. The summed E-state index contributed by atoms with van der Waals surface area (Å²) in [5.41, 5.74) is 5.43. The maximum atomic E-state index is 12.4. The number of aryl methyl sites for hydroxylation is 1. The molecule has 178 valence electrons. The Labute approximate surface area is 205 Å². The number of ether oxygens (including phenoxy) is 2. The van der Waals surface area contributed by atoms with Gasteiger partial charge in [0.05, 0.1) is 18.8 Å². The molecule has 0 amide bonds. The highest BCUT2D eigenvalue weighted by molar-refractivity contribution is 6.08. The molecule has 4 aromatic rings. The van der Waals surface area contributed by atoms with E-state index < -0.39 is 5.72 Å². The van der Waals surface area contributed by atoms with Gasteiger partial charge < -0.3 is 18.9 Å². The van der Waals surface area contributed by atoms with E-state index in [4.69, 9.17) is 9.47 Å². The van der Waals surface area contributed by atoms with Crippen LogP contribution in [0.5, 0.6) is 0 Å². The second-order valence-corrected chi connectivity index (χ2v) is 9.96. The van der Waals surface area contributed by atoms with Crippen molar-refractivity contribution >= 4 is 39.5 Å². The van der Waals surface area contributed by atoms with Crippen LogP contribution in [0.15, 0.2) is 66.7 Å². The summed E-state index contributed by atoms with van der Waals surface area (Å²) in [6, 6.07) is 21.0. The zero-order chi connectivity index (χ0) is 24.4. The van der Waals surface area contributed by atoms with Crippen LogP contribution in [-0.4, -0.2) is 36.0 Å². The van der Waals surface area contributed by atoms with Crippen LogP contribution in [0.3, 0.4) is 0 Å². The van der Waals surface area contributed by atoms with E-state index in [9.17, 15) is 4.79 Å². The van der Waals surface area contributed by atoms with Gasteiger partial charge in [-0.2, -0.15) is 0 Å². The predicted octanol–water partition coefficient (Wildman–Crippen LogP) is 6.05. The van der Waals surface area contributed by atoms with Gasteiger partial charge in [0.25, 0.3) is 0 Å². The molecule has 5 heteroatoms. The van der Waals surface area contributed by atoms with E-state index in [0.717, 1.165) is 23.4 Å². The van der Waals surface area contributed by atoms with Gasteiger partial charge in [0.15, 0.2) is 5.72 Å². The fraction of sp³-hybridized carbons (Fsp3) is 0.300. The van der Waals surface area contributed by atoms with Crippen molar-refractivity contribution in [1.82, 2.24) is 4.57 Å². The van der Waals surface area contributed by atoms with Crippen molar-refractivity contribution in [2.24, 2.45) is 7.05 Å². The molecule has 5 nitrogen and oxygen atoms in total. The standard InChI is InChI=1S/C30H30N2O3/c1-5-34-28(33)21-11-13-27-24(19-21)29(2,3)30(32(27)16-17-35-30)15-14-20-10-12-26-23(18-20)22-8-6-7-9-25(22)31(26)4/h6-15,18-19H,5,16-17H2,1-4H3. The molecular weight excluding hydrogens is 436 g/mol. The number of carbonyl (C=O) groups excluding carboxylic acids is 1. The van der Waals surface area contributed by atoms with Crippen molar-refractivity contribution in [1.29, 1.82) is 0 Å². The average Bonchev–Trinajstić information content (AvgIpc) is 3.48. The van der Waals surface area contributed by atoms with E-state index in [1.165, 1.54) is 21.8 Å². The lowest BCUT2D eigenvalue weighted by Crippen LogP contribution is -2.51. The van der Waals surface area contributed by atoms with Crippen molar-refractivity contribution in [2.75, 3.05) is 24.7 Å². The summed E-state index contributed by atoms with van der Waals surface area (Å²) >= 11 is 0. The summed E-state index contributed by atoms with van der Waals surface area (Å²) in [7, 11) is 2.12. The third kappa shape index (κ3) is 3.01. The van der Waals surface area contributed by atoms with E-state index in [1.807, 2.05) is 25.1 Å². The molecule has 3 heterocycles. The van der Waals surface area contributed by atoms with Gasteiger partial charge in [0.1, 0.15) is 0 Å². The fourth-order valence-corrected chi connectivity index (χ4v) is 6.00. The van der Waals surface area contributed by atoms with Crippen LogP contribution in [0, 0.1) is 0 Å². The van der Waals surface area contributed by atoms with Crippen molar-refractivity contribution < 1.29 is 14.3 Å². The fourth-order valence-electron chi connectivity index (χ4n) is 6.00. The maximum Gasteiger partial charge on any atom is 0.338 e. The lowest BCUT2D eigenvalue weighted by molar-refractivity contribution is 0.000297. The molecule has 2 aliphatic heterocycles. The molecule has 0 saturated carbocycles. The molecule has 1 unspecified atom stereocenters. The lowest BCUT2D eigenvalue weighted by atomic mass is 9.77. The van der Waals surface area contributed by atoms with Crippen molar-refractivity contribution in [2.45, 2.75) is 31.9 Å². The average molecular weight is 467 g/mol. The zero-order valence-electron chi connectivity index (χ0n) is 20.7. The second kappa shape index (κ2) is 7.72. The second-order valence-electron chi connectivity index (χ2n) is 9.96. The molecule has 0 spiro atoms. The molecular formula is C30H30N2O3. The Bertz CT molecular complexity index is 1510. The molecule has 6 rings (SSSR count). The molecule has 0 bridgehead atoms. The largest absolute Gasteiger partial charge is 0.462 e. The maximum absolute atomic E-state index is 12.4. The van der Waals surface area contributed by atoms with Gasteiger partial charge >= 0.3 is 5.97 Å². The first-order chi connectivity index (χ1) is 16.9. The van der Waals surface area contributed by atoms with E-state index in [1.54, 1.807) is 0 Å². The van der Waals surface area contributed by atoms with Crippen LogP contribution in [0.2, 0.25) is 0 Å². The van der Waals surface area contributed by atoms with Gasteiger partial charge in [0.2, 0.25) is 0 Å². The highest BCUT2D eigenvalue weighted by Gasteiger charge is 2.59. The number of hydrogen-bond donors (Lipinski definition) is 0. The summed E-state index contributed by atoms with van der Waals surface area (Å²) in [4.78, 5) is 14.7. The number of nitrogens with zero attached hydrogens (tertiary/aromatic N) is 2. The molecule has 1 atom stereocenters. The molecule has 0 aliphatic carbocycles. The van der Waals surface area contributed by atoms with Gasteiger partial charge in [0, 0.05) is 46.5 Å². The number of rotatable bonds is 4. The van der Waals surface area contributed by atoms with E-state index in [-0.39, 0.29) is 11.4 Å². The van der Waals surface area contributed by atoms with Crippen LogP contribution >= 0.6 is 0 Å². The molecule has 2 aliphatic rings. The van der Waals surface area contributed by atoms with Crippen LogP contribution in [0.1, 0.15) is 42.3 Å². The minimum atomic E-state index is -0.615. The first-order valence-corrected chi connectivity index (χ1v) is 12.3. The Balaban J connectivity index is 1.42. The third-order valence-corrected chi connectivity index (χ3v) is 7.84. The summed E-state index contributed by atoms with van der Waals surface area (Å²) < 4.78 is 14.0. The Morgan fingerprint density at radius 1 is 1.06 bits per heavy atom. The normalized spacial score (nSPS) is 20.6. The minimum absolute atomic E-state index is 0.285. The van der Waals surface area contributed by atoms with Crippen molar-refractivity contribution in [3.63, 3.8) is 0 Å². The Morgan fingerprint density at radius 3 is 2.69 bits per heavy atom. The summed E-state index contributed by atoms with van der Waals surface area (Å²) in [5.74, 6) is -0.285. The highest BCUT2D eigenvalue weighted by atomic mass is 16.5. The smallest absolute Gasteiger partial charge is 0.338 e. The number of aromatic nitrogens is 1. The summed E-state index contributed by atoms with van der Waals surface area (Å²) in [5, 5.41) is 2.51. The number of fused-ring (bicyclic) bond motifs is 6. The van der Waals surface area contributed by atoms with Gasteiger partial charge in [-0.1, -0.05) is 44.2 Å². The third-order valence-electron chi connectivity index (χ3n) is 7.84. The SMILES string of the molecule is CCOC(=O)c1ccc2c(c1)C(C)(C)C1(C=Cc3ccc4c(c3)c3ccccc3n4C)OCCN21. The van der Waals surface area contributed by atoms with Crippen LogP contribution in [0.25, 0.3) is 27.9 Å². The lowest BCUT2D eigenvalue weighted by Gasteiger charge is -2.39. The molecule has 0 N–H and O–H groups in total. The topological polar surface area (TPSA) is 43.7 Å². The van der Waals surface area contributed by atoms with Crippen LogP contribution < -0.4 is 4.90 Å². The predicted molar refractivity (Wildman–Crippen MR) is 141 cm³/mol. The highest BCUT2D eigenvalue weighted by Crippen LogP contribution is 2.55.